The first kappa shape index (κ1) is 42.4. The molecule has 302 valence electrons. The van der Waals surface area contributed by atoms with Crippen LogP contribution in [0.4, 0.5) is 0 Å². The van der Waals surface area contributed by atoms with Crippen LogP contribution in [0.5, 0.6) is 0 Å². The summed E-state index contributed by atoms with van der Waals surface area (Å²) in [4.78, 5) is 52.0. The number of aryl methyl sites for hydroxylation is 2. The van der Waals surface area contributed by atoms with Crippen LogP contribution >= 0.6 is 0 Å². The van der Waals surface area contributed by atoms with Crippen molar-refractivity contribution in [3.63, 3.8) is 0 Å². The molecule has 10 heteroatoms. The van der Waals surface area contributed by atoms with Gasteiger partial charge in [0.05, 0.1) is 24.2 Å². The molecule has 3 aliphatic carbocycles. The SMILES string of the molecule is CC(=O)OC(C)[C@]12COCC=CC1[C@]1(C)CCC3[C@@](C)(C1[C@H](OC(C)=O)[C@@H]2OC(C)=O)[C@H](OC(C)=O)C=C(C)[C@@]3(O)CCc1ccccc1CCC=C(C)C. The molecule has 0 bridgehead atoms. The van der Waals surface area contributed by atoms with Gasteiger partial charge in [-0.05, 0) is 100 Å². The van der Waals surface area contributed by atoms with Gasteiger partial charge in [-0.1, -0.05) is 61.9 Å². The van der Waals surface area contributed by atoms with Gasteiger partial charge in [-0.15, -0.1) is 0 Å². The standard InChI is InChI=1S/C45H62O10/c1-27(2)15-13-18-34-16-11-12-17-35(34)20-23-45(50)28(3)25-38(53-31(6)47)43(10)37(45)21-22-42(9)36-19-14-24-51-26-44(36,29(4)52-30(5)46)41(55-33(8)49)39(40(42)43)54-32(7)48/h11-12,14-17,19,25,29,36-41,50H,13,18,20-24,26H2,1-10H3/t29?,36?,37?,38-,39+,40?,41+,42+,43-,44-,45+/m1/s1. The smallest absolute Gasteiger partial charge is 0.303 e. The number of rotatable bonds is 11. The van der Waals surface area contributed by atoms with Crippen molar-refractivity contribution in [3.05, 3.63) is 70.8 Å². The second-order valence-corrected chi connectivity index (χ2v) is 17.2. The van der Waals surface area contributed by atoms with E-state index in [1.807, 2.05) is 32.1 Å². The van der Waals surface area contributed by atoms with Crippen molar-refractivity contribution in [1.29, 1.82) is 0 Å². The largest absolute Gasteiger partial charge is 0.462 e. The zero-order chi connectivity index (χ0) is 40.5. The van der Waals surface area contributed by atoms with Gasteiger partial charge in [0.25, 0.3) is 0 Å². The minimum Gasteiger partial charge on any atom is -0.462 e. The summed E-state index contributed by atoms with van der Waals surface area (Å²) in [6.07, 6.45) is 8.27. The van der Waals surface area contributed by atoms with Crippen LogP contribution in [0, 0.1) is 34.0 Å². The normalized spacial score (nSPS) is 35.7. The van der Waals surface area contributed by atoms with Crippen LogP contribution in [0.15, 0.2) is 59.7 Å². The fourth-order valence-corrected chi connectivity index (χ4v) is 11.5. The second kappa shape index (κ2) is 16.4. The van der Waals surface area contributed by atoms with Crippen LogP contribution in [-0.4, -0.2) is 72.2 Å². The lowest BCUT2D eigenvalue weighted by Gasteiger charge is -2.71. The second-order valence-electron chi connectivity index (χ2n) is 17.2. The summed E-state index contributed by atoms with van der Waals surface area (Å²) in [6.45, 7) is 17.7. The molecule has 0 spiro atoms. The van der Waals surface area contributed by atoms with Gasteiger partial charge in [0.1, 0.15) is 18.3 Å². The molecule has 55 heavy (non-hydrogen) atoms. The summed E-state index contributed by atoms with van der Waals surface area (Å²) in [7, 11) is 0. The first-order chi connectivity index (χ1) is 25.8. The molecule has 10 nitrogen and oxygen atoms in total. The molecular weight excluding hydrogens is 700 g/mol. The van der Waals surface area contributed by atoms with Crippen LogP contribution in [0.1, 0.15) is 106 Å². The molecule has 11 atom stereocenters. The van der Waals surface area contributed by atoms with E-state index < -0.39 is 87.9 Å². The fourth-order valence-electron chi connectivity index (χ4n) is 11.5. The number of allylic oxidation sites excluding steroid dienone is 3. The molecule has 0 aromatic heterocycles. The highest BCUT2D eigenvalue weighted by Crippen LogP contribution is 2.72. The number of fused-ring (bicyclic) bond motifs is 5. The molecule has 4 aliphatic rings. The van der Waals surface area contributed by atoms with Crippen LogP contribution in [0.2, 0.25) is 0 Å². The van der Waals surface area contributed by atoms with Gasteiger partial charge in [0.15, 0.2) is 6.10 Å². The van der Waals surface area contributed by atoms with Gasteiger partial charge in [-0.25, -0.2) is 0 Å². The Morgan fingerprint density at radius 1 is 0.927 bits per heavy atom. The lowest BCUT2D eigenvalue weighted by Crippen LogP contribution is -2.76. The van der Waals surface area contributed by atoms with E-state index in [0.29, 0.717) is 25.7 Å². The number of benzene rings is 1. The van der Waals surface area contributed by atoms with E-state index in [9.17, 15) is 24.3 Å². The molecule has 1 heterocycles. The van der Waals surface area contributed by atoms with Gasteiger partial charge in [-0.2, -0.15) is 0 Å². The van der Waals surface area contributed by atoms with Crippen molar-refractivity contribution in [2.75, 3.05) is 13.2 Å². The Kier molecular flexibility index (Phi) is 12.6. The number of carbonyl (C=O) groups excluding carboxylic acids is 4. The molecule has 2 fully saturated rings. The Hall–Kier alpha value is -3.76. The highest BCUT2D eigenvalue weighted by atomic mass is 16.6. The van der Waals surface area contributed by atoms with Crippen LogP contribution in [0.3, 0.4) is 0 Å². The minimum absolute atomic E-state index is 0.0562. The van der Waals surface area contributed by atoms with Crippen molar-refractivity contribution in [2.45, 2.75) is 138 Å². The third-order valence-electron chi connectivity index (χ3n) is 13.6. The number of esters is 4. The molecule has 0 amide bonds. The maximum Gasteiger partial charge on any atom is 0.303 e. The maximum atomic E-state index is 13.3. The quantitative estimate of drug-likeness (QED) is 0.140. The van der Waals surface area contributed by atoms with E-state index in [1.54, 1.807) is 6.92 Å². The van der Waals surface area contributed by atoms with Crippen LogP contribution in [-0.2, 0) is 55.7 Å². The third kappa shape index (κ3) is 7.82. The highest BCUT2D eigenvalue weighted by molar-refractivity contribution is 5.68. The molecule has 1 aliphatic heterocycles. The average molecular weight is 763 g/mol. The van der Waals surface area contributed by atoms with Gasteiger partial charge in [-0.3, -0.25) is 19.2 Å². The van der Waals surface area contributed by atoms with E-state index in [4.69, 9.17) is 23.7 Å². The molecule has 0 saturated heterocycles. The van der Waals surface area contributed by atoms with E-state index in [0.717, 1.165) is 18.4 Å². The molecular formula is C45H62O10. The fraction of sp³-hybridized carbons (Fsp3) is 0.644. The topological polar surface area (TPSA) is 135 Å². The molecule has 1 N–H and O–H groups in total. The average Bonchev–Trinajstić information content (AvgIpc) is 3.32. The first-order valence-electron chi connectivity index (χ1n) is 19.9. The van der Waals surface area contributed by atoms with Gasteiger partial charge < -0.3 is 28.8 Å². The zero-order valence-electron chi connectivity index (χ0n) is 34.4. The first-order valence-corrected chi connectivity index (χ1v) is 19.9. The van der Waals surface area contributed by atoms with E-state index >= 15 is 0 Å². The summed E-state index contributed by atoms with van der Waals surface area (Å²) in [5.41, 5.74) is 0.169. The number of ether oxygens (including phenoxy) is 5. The summed E-state index contributed by atoms with van der Waals surface area (Å²) in [5.74, 6) is -3.65. The van der Waals surface area contributed by atoms with E-state index in [2.05, 4.69) is 51.1 Å². The van der Waals surface area contributed by atoms with Crippen molar-refractivity contribution in [2.24, 2.45) is 34.0 Å². The Balaban J connectivity index is 1.71. The molecule has 2 saturated carbocycles. The van der Waals surface area contributed by atoms with E-state index in [-0.39, 0.29) is 13.2 Å². The van der Waals surface area contributed by atoms with Gasteiger partial charge in [0.2, 0.25) is 0 Å². The van der Waals surface area contributed by atoms with Gasteiger partial charge >= 0.3 is 23.9 Å². The summed E-state index contributed by atoms with van der Waals surface area (Å²) < 4.78 is 31.1. The Bertz CT molecular complexity index is 1720. The predicted molar refractivity (Wildman–Crippen MR) is 207 cm³/mol. The van der Waals surface area contributed by atoms with Crippen molar-refractivity contribution in [3.8, 4) is 0 Å². The Morgan fingerprint density at radius 3 is 2.16 bits per heavy atom. The zero-order valence-corrected chi connectivity index (χ0v) is 34.4. The predicted octanol–water partition coefficient (Wildman–Crippen LogP) is 7.20. The molecule has 5 rings (SSSR count). The Morgan fingerprint density at radius 2 is 1.56 bits per heavy atom. The lowest BCUT2D eigenvalue weighted by atomic mass is 9.35. The number of aliphatic hydroxyl groups is 1. The number of hydrogen-bond acceptors (Lipinski definition) is 10. The maximum absolute atomic E-state index is 13.3. The summed E-state index contributed by atoms with van der Waals surface area (Å²) in [5, 5.41) is 13.2. The molecule has 1 aromatic carbocycles. The molecule has 0 radical (unpaired) electrons. The monoisotopic (exact) mass is 762 g/mol. The lowest BCUT2D eigenvalue weighted by molar-refractivity contribution is -0.304. The third-order valence-corrected chi connectivity index (χ3v) is 13.6. The van der Waals surface area contributed by atoms with Crippen LogP contribution < -0.4 is 0 Å². The van der Waals surface area contributed by atoms with Crippen molar-refractivity contribution in [1.82, 2.24) is 0 Å². The molecule has 4 unspecified atom stereocenters. The Labute approximate surface area is 327 Å². The highest BCUT2D eigenvalue weighted by Gasteiger charge is 2.76. The van der Waals surface area contributed by atoms with E-state index in [1.165, 1.54) is 44.4 Å². The van der Waals surface area contributed by atoms with Crippen LogP contribution in [0.25, 0.3) is 0 Å². The molecule has 1 aromatic rings. The summed E-state index contributed by atoms with van der Waals surface area (Å²) >= 11 is 0. The number of hydrogen-bond donors (Lipinski definition) is 1. The minimum atomic E-state index is -1.32. The summed E-state index contributed by atoms with van der Waals surface area (Å²) in [6, 6.07) is 8.38. The van der Waals surface area contributed by atoms with Crippen molar-refractivity contribution < 1.29 is 48.0 Å². The van der Waals surface area contributed by atoms with Gasteiger partial charge in [0, 0.05) is 44.9 Å². The van der Waals surface area contributed by atoms with Crippen molar-refractivity contribution >= 4 is 23.9 Å². The number of carbonyl (C=O) groups is 4.